The lowest BCUT2D eigenvalue weighted by Crippen LogP contribution is -1.95. The summed E-state index contributed by atoms with van der Waals surface area (Å²) in [6.45, 7) is 3.68. The van der Waals surface area contributed by atoms with Crippen molar-refractivity contribution >= 4 is 18.0 Å². The van der Waals surface area contributed by atoms with Crippen molar-refractivity contribution in [1.29, 1.82) is 0 Å². The molecule has 0 amide bonds. The summed E-state index contributed by atoms with van der Waals surface area (Å²) in [5.41, 5.74) is 3.22. The molecule has 0 N–H and O–H groups in total. The van der Waals surface area contributed by atoms with Crippen LogP contribution in [0.3, 0.4) is 0 Å². The molecule has 0 fully saturated rings. The summed E-state index contributed by atoms with van der Waals surface area (Å²) in [6.07, 6.45) is 7.62. The largest absolute Gasteiger partial charge is 0.259 e. The SMILES string of the molecule is C=Cc1cc2c(cn1)N=CCC2. The number of aliphatic imine (C=N–C) groups is 1. The first kappa shape index (κ1) is 7.22. The Labute approximate surface area is 71.7 Å². The van der Waals surface area contributed by atoms with Crippen LogP contribution in [0.5, 0.6) is 0 Å². The number of nitrogens with zero attached hydrogens (tertiary/aromatic N) is 2. The number of aryl methyl sites for hydroxylation is 1. The van der Waals surface area contributed by atoms with Crippen molar-refractivity contribution in [1.82, 2.24) is 4.98 Å². The van der Waals surface area contributed by atoms with E-state index in [1.54, 1.807) is 6.08 Å². The predicted octanol–water partition coefficient (Wildman–Crippen LogP) is 2.37. The molecule has 12 heavy (non-hydrogen) atoms. The molecule has 2 heterocycles. The van der Waals surface area contributed by atoms with E-state index in [4.69, 9.17) is 0 Å². The van der Waals surface area contributed by atoms with Crippen LogP contribution in [0.4, 0.5) is 5.69 Å². The highest BCUT2D eigenvalue weighted by Gasteiger charge is 2.05. The summed E-state index contributed by atoms with van der Waals surface area (Å²) >= 11 is 0. The molecule has 1 aliphatic heterocycles. The second-order valence-electron chi connectivity index (χ2n) is 2.79. The fourth-order valence-corrected chi connectivity index (χ4v) is 1.32. The highest BCUT2D eigenvalue weighted by atomic mass is 14.8. The van der Waals surface area contributed by atoms with E-state index in [1.165, 1.54) is 5.56 Å². The van der Waals surface area contributed by atoms with Crippen molar-refractivity contribution in [3.05, 3.63) is 30.1 Å². The van der Waals surface area contributed by atoms with Gasteiger partial charge in [-0.2, -0.15) is 0 Å². The van der Waals surface area contributed by atoms with Crippen LogP contribution in [-0.4, -0.2) is 11.2 Å². The summed E-state index contributed by atoms with van der Waals surface area (Å²) in [7, 11) is 0. The lowest BCUT2D eigenvalue weighted by Gasteiger charge is -2.08. The predicted molar refractivity (Wildman–Crippen MR) is 50.8 cm³/mol. The van der Waals surface area contributed by atoms with Crippen molar-refractivity contribution in [2.45, 2.75) is 12.8 Å². The lowest BCUT2D eigenvalue weighted by atomic mass is 10.1. The van der Waals surface area contributed by atoms with E-state index in [-0.39, 0.29) is 0 Å². The van der Waals surface area contributed by atoms with E-state index in [1.807, 2.05) is 12.4 Å². The van der Waals surface area contributed by atoms with Gasteiger partial charge in [0.05, 0.1) is 17.6 Å². The van der Waals surface area contributed by atoms with Crippen LogP contribution in [-0.2, 0) is 6.42 Å². The normalized spacial score (nSPS) is 14.0. The first-order valence-electron chi connectivity index (χ1n) is 4.04. The number of hydrogen-bond donors (Lipinski definition) is 0. The Hall–Kier alpha value is -1.44. The molecule has 0 aromatic carbocycles. The molecule has 0 saturated heterocycles. The summed E-state index contributed by atoms with van der Waals surface area (Å²) in [6, 6.07) is 2.05. The summed E-state index contributed by atoms with van der Waals surface area (Å²) in [5, 5.41) is 0. The lowest BCUT2D eigenvalue weighted by molar-refractivity contribution is 1.01. The van der Waals surface area contributed by atoms with Crippen LogP contribution in [0.25, 0.3) is 6.08 Å². The average molecular weight is 158 g/mol. The van der Waals surface area contributed by atoms with Gasteiger partial charge in [-0.15, -0.1) is 0 Å². The van der Waals surface area contributed by atoms with Crippen molar-refractivity contribution in [3.63, 3.8) is 0 Å². The molecule has 0 radical (unpaired) electrons. The maximum Gasteiger partial charge on any atom is 0.0841 e. The minimum Gasteiger partial charge on any atom is -0.259 e. The molecule has 0 saturated carbocycles. The van der Waals surface area contributed by atoms with Gasteiger partial charge in [-0.1, -0.05) is 6.58 Å². The quantitative estimate of drug-likeness (QED) is 0.616. The maximum absolute atomic E-state index is 4.25. The van der Waals surface area contributed by atoms with Gasteiger partial charge >= 0.3 is 0 Å². The molecular weight excluding hydrogens is 148 g/mol. The molecule has 1 aromatic heterocycles. The van der Waals surface area contributed by atoms with E-state index in [9.17, 15) is 0 Å². The number of fused-ring (bicyclic) bond motifs is 1. The van der Waals surface area contributed by atoms with Gasteiger partial charge in [-0.3, -0.25) is 9.98 Å². The van der Waals surface area contributed by atoms with Crippen LogP contribution < -0.4 is 0 Å². The average Bonchev–Trinajstić information content (AvgIpc) is 2.17. The van der Waals surface area contributed by atoms with E-state index >= 15 is 0 Å². The van der Waals surface area contributed by atoms with Crippen LogP contribution in [0, 0.1) is 0 Å². The number of pyridine rings is 1. The number of hydrogen-bond acceptors (Lipinski definition) is 2. The van der Waals surface area contributed by atoms with Crippen molar-refractivity contribution in [2.75, 3.05) is 0 Å². The van der Waals surface area contributed by atoms with Crippen LogP contribution in [0.1, 0.15) is 17.7 Å². The van der Waals surface area contributed by atoms with Gasteiger partial charge in [0, 0.05) is 6.21 Å². The molecule has 0 spiro atoms. The molecule has 0 bridgehead atoms. The Morgan fingerprint density at radius 3 is 3.25 bits per heavy atom. The first-order chi connectivity index (χ1) is 5.90. The van der Waals surface area contributed by atoms with Crippen molar-refractivity contribution < 1.29 is 0 Å². The Balaban J connectivity index is 2.50. The highest BCUT2D eigenvalue weighted by Crippen LogP contribution is 2.23. The van der Waals surface area contributed by atoms with Gasteiger partial charge in [0.25, 0.3) is 0 Å². The van der Waals surface area contributed by atoms with Crippen molar-refractivity contribution in [2.24, 2.45) is 4.99 Å². The summed E-state index contributed by atoms with van der Waals surface area (Å²) in [5.74, 6) is 0. The molecular formula is C10H10N2. The van der Waals surface area contributed by atoms with Crippen LogP contribution >= 0.6 is 0 Å². The summed E-state index contributed by atoms with van der Waals surface area (Å²) < 4.78 is 0. The van der Waals surface area contributed by atoms with Gasteiger partial charge in [0.2, 0.25) is 0 Å². The Bertz CT molecular complexity index is 340. The zero-order valence-electron chi connectivity index (χ0n) is 6.83. The molecule has 60 valence electrons. The summed E-state index contributed by atoms with van der Waals surface area (Å²) in [4.78, 5) is 8.43. The third kappa shape index (κ3) is 1.16. The van der Waals surface area contributed by atoms with Gasteiger partial charge in [-0.25, -0.2) is 0 Å². The zero-order valence-corrected chi connectivity index (χ0v) is 6.83. The van der Waals surface area contributed by atoms with Gasteiger partial charge in [0.1, 0.15) is 0 Å². The fourth-order valence-electron chi connectivity index (χ4n) is 1.32. The minimum atomic E-state index is 0.936. The van der Waals surface area contributed by atoms with Crippen LogP contribution in [0.2, 0.25) is 0 Å². The standard InChI is InChI=1S/C10H10N2/c1-2-9-6-8-4-3-5-11-10(8)7-12-9/h2,5-7H,1,3-4H2. The fraction of sp³-hybridized carbons (Fsp3) is 0.200. The molecule has 2 nitrogen and oxygen atoms in total. The second-order valence-corrected chi connectivity index (χ2v) is 2.79. The Morgan fingerprint density at radius 2 is 2.42 bits per heavy atom. The number of aromatic nitrogens is 1. The smallest absolute Gasteiger partial charge is 0.0841 e. The van der Waals surface area contributed by atoms with Gasteiger partial charge in [-0.05, 0) is 30.5 Å². The molecule has 0 atom stereocenters. The molecule has 1 aliphatic rings. The van der Waals surface area contributed by atoms with E-state index in [2.05, 4.69) is 22.6 Å². The van der Waals surface area contributed by atoms with E-state index < -0.39 is 0 Å². The highest BCUT2D eigenvalue weighted by molar-refractivity contribution is 5.68. The molecule has 0 aliphatic carbocycles. The van der Waals surface area contributed by atoms with E-state index in [0.29, 0.717) is 0 Å². The van der Waals surface area contributed by atoms with E-state index in [0.717, 1.165) is 24.2 Å². The monoisotopic (exact) mass is 158 g/mol. The van der Waals surface area contributed by atoms with Crippen LogP contribution in [0.15, 0.2) is 23.8 Å². The molecule has 1 aromatic rings. The Morgan fingerprint density at radius 1 is 1.50 bits per heavy atom. The zero-order chi connectivity index (χ0) is 8.39. The molecule has 2 heteroatoms. The molecule has 0 unspecified atom stereocenters. The third-order valence-corrected chi connectivity index (χ3v) is 1.97. The van der Waals surface area contributed by atoms with Crippen molar-refractivity contribution in [3.8, 4) is 0 Å². The maximum atomic E-state index is 4.25. The number of rotatable bonds is 1. The van der Waals surface area contributed by atoms with Gasteiger partial charge < -0.3 is 0 Å². The molecule has 2 rings (SSSR count). The first-order valence-corrected chi connectivity index (χ1v) is 4.04. The minimum absolute atomic E-state index is 0.936. The Kier molecular flexibility index (Phi) is 1.74. The van der Waals surface area contributed by atoms with Gasteiger partial charge in [0.15, 0.2) is 0 Å². The topological polar surface area (TPSA) is 25.2 Å². The second kappa shape index (κ2) is 2.89. The third-order valence-electron chi connectivity index (χ3n) is 1.97.